The first-order valence-corrected chi connectivity index (χ1v) is 10.5. The number of nitrogens with one attached hydrogen (secondary N) is 1. The van der Waals surface area contributed by atoms with E-state index in [2.05, 4.69) is 10.1 Å². The fourth-order valence-corrected chi connectivity index (χ4v) is 3.24. The van der Waals surface area contributed by atoms with Crippen molar-refractivity contribution in [3.8, 4) is 16.9 Å². The Morgan fingerprint density at radius 2 is 1.31 bits per heavy atom. The lowest BCUT2D eigenvalue weighted by atomic mass is 10.0. The standard InChI is InChI=1S/C23H18ClF4NO2.CF4/c1-23(27,28)31-17-11-9-15(10-12-17)14-5-7-16(8-6-14)20(13-24)29-22(30)21-18(25)3-2-4-19(21)26;2-1(3,4)5/h2-12,20H,13H2,1H3,(H,29,30);. The van der Waals surface area contributed by atoms with Crippen LogP contribution >= 0.6 is 11.6 Å². The van der Waals surface area contributed by atoms with Gasteiger partial charge in [0.05, 0.1) is 6.04 Å². The molecule has 0 radical (unpaired) electrons. The molecule has 3 nitrogen and oxygen atoms in total. The molecule has 0 fully saturated rings. The fraction of sp³-hybridized carbons (Fsp3) is 0.208. The van der Waals surface area contributed by atoms with Crippen LogP contribution in [0.2, 0.25) is 0 Å². The average Bonchev–Trinajstić information content (AvgIpc) is 2.76. The van der Waals surface area contributed by atoms with Gasteiger partial charge in [-0.2, -0.15) is 8.78 Å². The van der Waals surface area contributed by atoms with E-state index >= 15 is 0 Å². The molecule has 0 heterocycles. The van der Waals surface area contributed by atoms with Crippen molar-refractivity contribution in [2.45, 2.75) is 25.5 Å². The Bertz CT molecular complexity index is 1120. The third-order valence-corrected chi connectivity index (χ3v) is 4.76. The number of ether oxygens (including phenoxy) is 1. The van der Waals surface area contributed by atoms with E-state index in [0.29, 0.717) is 12.5 Å². The van der Waals surface area contributed by atoms with Gasteiger partial charge in [-0.1, -0.05) is 42.5 Å². The maximum atomic E-state index is 13.8. The van der Waals surface area contributed by atoms with Crippen LogP contribution in [-0.2, 0) is 0 Å². The molecule has 0 spiro atoms. The van der Waals surface area contributed by atoms with E-state index < -0.39 is 41.7 Å². The summed E-state index contributed by atoms with van der Waals surface area (Å²) in [6.45, 7) is 0.659. The van der Waals surface area contributed by atoms with Gasteiger partial charge in [-0.3, -0.25) is 4.79 Å². The molecule has 3 rings (SSSR count). The Hall–Kier alpha value is -3.34. The molecule has 0 aliphatic carbocycles. The summed E-state index contributed by atoms with van der Waals surface area (Å²) in [6, 6.07) is 15.6. The third kappa shape index (κ3) is 9.37. The highest BCUT2D eigenvalue weighted by Crippen LogP contribution is 2.27. The molecule has 0 aliphatic heterocycles. The lowest BCUT2D eigenvalue weighted by Crippen LogP contribution is -2.31. The second-order valence-electron chi connectivity index (χ2n) is 7.26. The Morgan fingerprint density at radius 1 is 0.861 bits per heavy atom. The van der Waals surface area contributed by atoms with Gasteiger partial charge in [-0.25, -0.2) is 8.78 Å². The van der Waals surface area contributed by atoms with Crippen molar-refractivity contribution in [2.24, 2.45) is 0 Å². The highest BCUT2D eigenvalue weighted by Gasteiger charge is 2.25. The van der Waals surface area contributed by atoms with Crippen LogP contribution in [0.4, 0.5) is 35.1 Å². The summed E-state index contributed by atoms with van der Waals surface area (Å²) in [5.74, 6) is -2.81. The van der Waals surface area contributed by atoms with E-state index in [4.69, 9.17) is 11.6 Å². The average molecular weight is 540 g/mol. The monoisotopic (exact) mass is 539 g/mol. The number of benzene rings is 3. The zero-order chi connectivity index (χ0) is 27.1. The number of alkyl halides is 7. The van der Waals surface area contributed by atoms with Crippen LogP contribution < -0.4 is 10.1 Å². The molecule has 0 saturated heterocycles. The van der Waals surface area contributed by atoms with Gasteiger partial charge in [0.25, 0.3) is 5.91 Å². The molecular formula is C24H18ClF8NO2. The summed E-state index contributed by atoms with van der Waals surface area (Å²) in [5.41, 5.74) is 1.51. The molecule has 3 aromatic rings. The van der Waals surface area contributed by atoms with Crippen molar-refractivity contribution in [1.29, 1.82) is 0 Å². The van der Waals surface area contributed by atoms with Crippen molar-refractivity contribution < 1.29 is 44.7 Å². The summed E-state index contributed by atoms with van der Waals surface area (Å²) in [4.78, 5) is 12.3. The van der Waals surface area contributed by atoms with Gasteiger partial charge < -0.3 is 10.1 Å². The predicted molar refractivity (Wildman–Crippen MR) is 118 cm³/mol. The van der Waals surface area contributed by atoms with Crippen LogP contribution in [0.1, 0.15) is 28.9 Å². The van der Waals surface area contributed by atoms with Crippen LogP contribution in [0.15, 0.2) is 66.7 Å². The second kappa shape index (κ2) is 12.1. The van der Waals surface area contributed by atoms with Crippen molar-refractivity contribution in [1.82, 2.24) is 5.32 Å². The zero-order valence-corrected chi connectivity index (χ0v) is 19.1. The number of carbonyl (C=O) groups is 1. The second-order valence-corrected chi connectivity index (χ2v) is 7.57. The molecule has 0 bridgehead atoms. The molecule has 0 aromatic heterocycles. The predicted octanol–water partition coefficient (Wildman–Crippen LogP) is 7.81. The fourth-order valence-electron chi connectivity index (χ4n) is 2.99. The van der Waals surface area contributed by atoms with Crippen LogP contribution in [0, 0.1) is 11.6 Å². The van der Waals surface area contributed by atoms with Gasteiger partial charge in [-0.05, 0) is 41.0 Å². The normalized spacial score (nSPS) is 12.3. The first-order chi connectivity index (χ1) is 16.7. The molecule has 0 saturated carbocycles. The van der Waals surface area contributed by atoms with Crippen molar-refractivity contribution >= 4 is 17.5 Å². The molecule has 0 aliphatic rings. The molecular weight excluding hydrogens is 522 g/mol. The first-order valence-electron chi connectivity index (χ1n) is 10.0. The van der Waals surface area contributed by atoms with E-state index in [1.807, 2.05) is 0 Å². The SMILES string of the molecule is CC(F)(F)Oc1ccc(-c2ccc(C(CCl)NC(=O)c3c(F)cccc3F)cc2)cc1.FC(F)(F)F. The number of hydrogen-bond donors (Lipinski definition) is 1. The van der Waals surface area contributed by atoms with Gasteiger partial charge in [0, 0.05) is 12.8 Å². The molecule has 3 aromatic carbocycles. The molecule has 194 valence electrons. The summed E-state index contributed by atoms with van der Waals surface area (Å²) < 4.78 is 96.8. The molecule has 1 amide bonds. The zero-order valence-electron chi connectivity index (χ0n) is 18.4. The first kappa shape index (κ1) is 28.9. The van der Waals surface area contributed by atoms with Crippen molar-refractivity contribution in [3.63, 3.8) is 0 Å². The van der Waals surface area contributed by atoms with Crippen molar-refractivity contribution in [2.75, 3.05) is 5.88 Å². The van der Waals surface area contributed by atoms with Crippen LogP contribution in [0.3, 0.4) is 0 Å². The molecule has 1 atom stereocenters. The molecule has 1 N–H and O–H groups in total. The summed E-state index contributed by atoms with van der Waals surface area (Å²) >= 11 is 5.96. The quantitative estimate of drug-likeness (QED) is 0.246. The van der Waals surface area contributed by atoms with E-state index in [1.54, 1.807) is 36.4 Å². The summed E-state index contributed by atoms with van der Waals surface area (Å²) in [6.07, 6.45) is -8.77. The minimum atomic E-state index is -5.50. The van der Waals surface area contributed by atoms with E-state index in [0.717, 1.165) is 23.3 Å². The van der Waals surface area contributed by atoms with Gasteiger partial charge in [0.1, 0.15) is 22.9 Å². The third-order valence-electron chi connectivity index (χ3n) is 4.45. The Balaban J connectivity index is 0.000000830. The number of halogens is 9. The number of rotatable bonds is 7. The molecule has 1 unspecified atom stereocenters. The van der Waals surface area contributed by atoms with Crippen LogP contribution in [0.5, 0.6) is 5.75 Å². The van der Waals surface area contributed by atoms with E-state index in [-0.39, 0.29) is 11.6 Å². The minimum absolute atomic E-state index is 0.0155. The lowest BCUT2D eigenvalue weighted by molar-refractivity contribution is -0.237. The van der Waals surface area contributed by atoms with E-state index in [9.17, 15) is 39.9 Å². The molecule has 36 heavy (non-hydrogen) atoms. The summed E-state index contributed by atoms with van der Waals surface area (Å²) in [5, 5.41) is 2.53. The number of hydrogen-bond acceptors (Lipinski definition) is 2. The Labute approximate surface area is 205 Å². The number of carbonyl (C=O) groups excluding carboxylic acids is 1. The maximum absolute atomic E-state index is 13.8. The van der Waals surface area contributed by atoms with Gasteiger partial charge in [0.2, 0.25) is 0 Å². The maximum Gasteiger partial charge on any atom is 0.559 e. The minimum Gasteiger partial charge on any atom is -0.433 e. The number of amides is 1. The van der Waals surface area contributed by atoms with Crippen LogP contribution in [-0.4, -0.2) is 24.3 Å². The lowest BCUT2D eigenvalue weighted by Gasteiger charge is -2.18. The topological polar surface area (TPSA) is 38.3 Å². The van der Waals surface area contributed by atoms with Crippen molar-refractivity contribution in [3.05, 3.63) is 89.5 Å². The highest BCUT2D eigenvalue weighted by atomic mass is 35.5. The van der Waals surface area contributed by atoms with E-state index in [1.165, 1.54) is 18.2 Å². The van der Waals surface area contributed by atoms with Gasteiger partial charge in [-0.15, -0.1) is 29.2 Å². The Morgan fingerprint density at radius 3 is 1.72 bits per heavy atom. The molecule has 12 heteroatoms. The smallest absolute Gasteiger partial charge is 0.433 e. The summed E-state index contributed by atoms with van der Waals surface area (Å²) in [7, 11) is 0. The Kier molecular flexibility index (Phi) is 9.69. The van der Waals surface area contributed by atoms with Gasteiger partial charge >= 0.3 is 12.5 Å². The largest absolute Gasteiger partial charge is 0.559 e. The van der Waals surface area contributed by atoms with Gasteiger partial charge in [0.15, 0.2) is 0 Å². The van der Waals surface area contributed by atoms with Crippen LogP contribution in [0.25, 0.3) is 11.1 Å². The highest BCUT2D eigenvalue weighted by molar-refractivity contribution is 6.18.